The first kappa shape index (κ1) is 12.8. The van der Waals surface area contributed by atoms with Gasteiger partial charge in [0.15, 0.2) is 5.69 Å². The number of aromatic nitrogens is 2. The molecule has 1 aromatic heterocycles. The summed E-state index contributed by atoms with van der Waals surface area (Å²) in [5, 5.41) is 19.7. The van der Waals surface area contributed by atoms with Crippen molar-refractivity contribution < 1.29 is 9.96 Å². The molecule has 0 fully saturated rings. The zero-order chi connectivity index (χ0) is 12.0. The average molecular weight is 227 g/mol. The fourth-order valence-electron chi connectivity index (χ4n) is 1.07. The highest BCUT2D eigenvalue weighted by Gasteiger charge is 2.04. The summed E-state index contributed by atoms with van der Waals surface area (Å²) in [4.78, 5) is 9.62. The molecule has 16 heavy (non-hydrogen) atoms. The van der Waals surface area contributed by atoms with Gasteiger partial charge in [0.1, 0.15) is 0 Å². The summed E-state index contributed by atoms with van der Waals surface area (Å²) in [5.41, 5.74) is -0.0260. The third-order valence-corrected chi connectivity index (χ3v) is 1.99. The second-order valence-corrected chi connectivity index (χ2v) is 3.18. The van der Waals surface area contributed by atoms with Crippen LogP contribution in [0, 0.1) is 10.4 Å². The molecule has 0 saturated heterocycles. The zero-order valence-electron chi connectivity index (χ0n) is 9.34. The first-order valence-corrected chi connectivity index (χ1v) is 4.97. The molecule has 0 spiro atoms. The molecular formula is C9H15N4O3-. The number of anilines is 1. The van der Waals surface area contributed by atoms with Crippen molar-refractivity contribution in [2.45, 2.75) is 6.92 Å². The minimum absolute atomic E-state index is 0.0260. The fourth-order valence-corrected chi connectivity index (χ4v) is 1.07. The summed E-state index contributed by atoms with van der Waals surface area (Å²) < 4.78 is 5.19. The lowest BCUT2D eigenvalue weighted by atomic mass is 10.5. The zero-order valence-corrected chi connectivity index (χ0v) is 9.34. The van der Waals surface area contributed by atoms with Crippen molar-refractivity contribution in [3.63, 3.8) is 0 Å². The first-order valence-electron chi connectivity index (χ1n) is 4.97. The summed E-state index contributed by atoms with van der Waals surface area (Å²) >= 11 is 0. The average Bonchev–Trinajstić information content (AvgIpc) is 2.29. The Bertz CT molecular complexity index is 304. The van der Waals surface area contributed by atoms with E-state index >= 15 is 0 Å². The van der Waals surface area contributed by atoms with Gasteiger partial charge in [0, 0.05) is 20.2 Å². The van der Waals surface area contributed by atoms with Crippen molar-refractivity contribution in [3.05, 3.63) is 22.8 Å². The molecule has 1 N–H and O–H groups in total. The van der Waals surface area contributed by atoms with Crippen molar-refractivity contribution in [3.8, 4) is 0 Å². The molecule has 0 aliphatic heterocycles. The normalized spacial score (nSPS) is 10.8. The highest BCUT2D eigenvalue weighted by molar-refractivity contribution is 5.32. The van der Waals surface area contributed by atoms with E-state index in [9.17, 15) is 10.4 Å². The maximum atomic E-state index is 10.5. The Labute approximate surface area is 93.8 Å². The van der Waals surface area contributed by atoms with E-state index in [1.807, 2.05) is 14.0 Å². The van der Waals surface area contributed by atoms with Gasteiger partial charge in [-0.2, -0.15) is 0 Å². The number of hydrogen-bond donors (Lipinski definition) is 1. The van der Waals surface area contributed by atoms with E-state index in [2.05, 4.69) is 9.97 Å². The fraction of sp³-hybridized carbons (Fsp3) is 0.556. The van der Waals surface area contributed by atoms with Crippen molar-refractivity contribution in [1.82, 2.24) is 9.97 Å². The van der Waals surface area contributed by atoms with Crippen LogP contribution in [0.2, 0.25) is 0 Å². The minimum Gasteiger partial charge on any atom is -0.628 e. The Kier molecular flexibility index (Phi) is 5.06. The summed E-state index contributed by atoms with van der Waals surface area (Å²) in [6, 6.07) is 0. The van der Waals surface area contributed by atoms with Crippen LogP contribution in [0.4, 0.5) is 11.6 Å². The third-order valence-electron chi connectivity index (χ3n) is 1.99. The van der Waals surface area contributed by atoms with Crippen LogP contribution in [0.25, 0.3) is 0 Å². The van der Waals surface area contributed by atoms with E-state index in [0.717, 1.165) is 0 Å². The summed E-state index contributed by atoms with van der Waals surface area (Å²) in [6.07, 6.45) is 2.46. The number of hydrogen-bond acceptors (Lipinski definition) is 6. The molecule has 7 heteroatoms. The Balaban J connectivity index is 2.52. The van der Waals surface area contributed by atoms with E-state index in [-0.39, 0.29) is 5.69 Å². The summed E-state index contributed by atoms with van der Waals surface area (Å²) in [7, 11) is 1.81. The molecule has 0 aliphatic rings. The van der Waals surface area contributed by atoms with Crippen LogP contribution in [-0.4, -0.2) is 36.8 Å². The van der Waals surface area contributed by atoms with Gasteiger partial charge in [-0.05, 0) is 6.92 Å². The summed E-state index contributed by atoms with van der Waals surface area (Å²) in [5.74, 6) is 0.463. The maximum Gasteiger partial charge on any atom is 0.225 e. The molecule has 0 aromatic carbocycles. The Morgan fingerprint density at radius 2 is 2.00 bits per heavy atom. The lowest BCUT2D eigenvalue weighted by molar-refractivity contribution is -0.715. The molecule has 0 saturated carbocycles. The van der Waals surface area contributed by atoms with Gasteiger partial charge >= 0.3 is 0 Å². The van der Waals surface area contributed by atoms with Crippen LogP contribution < -0.4 is 10.1 Å². The van der Waals surface area contributed by atoms with Crippen molar-refractivity contribution in [2.24, 2.45) is 0 Å². The van der Waals surface area contributed by atoms with Gasteiger partial charge in [-0.25, -0.2) is 9.97 Å². The van der Waals surface area contributed by atoms with Crippen LogP contribution >= 0.6 is 0 Å². The Morgan fingerprint density at radius 1 is 1.38 bits per heavy atom. The third kappa shape index (κ3) is 3.70. The monoisotopic (exact) mass is 227 g/mol. The predicted octanol–water partition coefficient (Wildman–Crippen LogP) is -0.539. The topological polar surface area (TPSA) is 88.8 Å². The number of rotatable bonds is 6. The predicted molar refractivity (Wildman–Crippen MR) is 59.2 cm³/mol. The highest BCUT2D eigenvalue weighted by Crippen LogP contribution is 2.05. The molecule has 0 unspecified atom stereocenters. The molecule has 0 aliphatic carbocycles. The van der Waals surface area contributed by atoms with Gasteiger partial charge < -0.3 is 25.3 Å². The molecule has 7 nitrogen and oxygen atoms in total. The molecule has 1 heterocycles. The lowest BCUT2D eigenvalue weighted by Gasteiger charge is -2.24. The van der Waals surface area contributed by atoms with Crippen LogP contribution in [-0.2, 0) is 4.74 Å². The molecule has 90 valence electrons. The van der Waals surface area contributed by atoms with Gasteiger partial charge in [0.2, 0.25) is 5.95 Å². The molecule has 1 rings (SSSR count). The van der Waals surface area contributed by atoms with E-state index in [1.54, 1.807) is 4.90 Å². The minimum atomic E-state index is -1.27. The molecule has 0 amide bonds. The first-order chi connectivity index (χ1) is 7.65. The van der Waals surface area contributed by atoms with Crippen LogP contribution in [0.1, 0.15) is 6.92 Å². The Morgan fingerprint density at radius 3 is 2.50 bits per heavy atom. The second kappa shape index (κ2) is 6.33. The highest BCUT2D eigenvalue weighted by atomic mass is 16.8. The van der Waals surface area contributed by atoms with E-state index < -0.39 is 5.23 Å². The maximum absolute atomic E-state index is 10.5. The van der Waals surface area contributed by atoms with E-state index in [4.69, 9.17) is 4.74 Å². The number of ether oxygens (including phenoxy) is 1. The number of nitrogens with one attached hydrogen (secondary N) is 1. The van der Waals surface area contributed by atoms with E-state index in [0.29, 0.717) is 25.7 Å². The quantitative estimate of drug-likeness (QED) is 0.518. The van der Waals surface area contributed by atoms with Gasteiger partial charge in [-0.15, -0.1) is 0 Å². The van der Waals surface area contributed by atoms with Crippen molar-refractivity contribution in [2.75, 3.05) is 31.7 Å². The molecular weight excluding hydrogens is 212 g/mol. The van der Waals surface area contributed by atoms with Gasteiger partial charge in [-0.1, -0.05) is 0 Å². The molecule has 1 aromatic rings. The summed E-state index contributed by atoms with van der Waals surface area (Å²) in [6.45, 7) is 3.82. The molecule has 0 atom stereocenters. The number of quaternary nitrogens is 1. The van der Waals surface area contributed by atoms with Gasteiger partial charge in [-0.3, -0.25) is 0 Å². The van der Waals surface area contributed by atoms with E-state index in [1.165, 1.54) is 12.4 Å². The van der Waals surface area contributed by atoms with Crippen LogP contribution in [0.15, 0.2) is 12.4 Å². The number of likely N-dealkylation sites (N-methyl/N-ethyl adjacent to an activating group) is 1. The van der Waals surface area contributed by atoms with Gasteiger partial charge in [0.25, 0.3) is 0 Å². The second-order valence-electron chi connectivity index (χ2n) is 3.18. The van der Waals surface area contributed by atoms with Crippen molar-refractivity contribution >= 4 is 11.6 Å². The molecule has 0 radical (unpaired) electrons. The number of nitrogens with zero attached hydrogens (tertiary/aromatic N) is 3. The standard InChI is InChI=1S/C9H15N4O3/c1-3-16-5-4-12(2)9-10-6-8(7-11-9)13(14)15/h6-7,13H,3-5H2,1-2H3/q-1. The Hall–Kier alpha value is -1.28. The smallest absolute Gasteiger partial charge is 0.225 e. The van der Waals surface area contributed by atoms with Crippen LogP contribution in [0.5, 0.6) is 0 Å². The van der Waals surface area contributed by atoms with Crippen LogP contribution in [0.3, 0.4) is 0 Å². The lowest BCUT2D eigenvalue weighted by Crippen LogP contribution is -2.96. The molecule has 0 bridgehead atoms. The largest absolute Gasteiger partial charge is 0.628 e. The van der Waals surface area contributed by atoms with Gasteiger partial charge in [0.05, 0.1) is 19.0 Å². The SMILES string of the molecule is CCOCCN(C)c1ncc([NH+]([O-])[O-])cn1. The van der Waals surface area contributed by atoms with Crippen molar-refractivity contribution in [1.29, 1.82) is 0 Å².